The van der Waals surface area contributed by atoms with E-state index in [1.165, 1.54) is 19.4 Å². The van der Waals surface area contributed by atoms with Crippen LogP contribution in [0.15, 0.2) is 30.5 Å². The number of hydrogen-bond donors (Lipinski definition) is 1. The van der Waals surface area contributed by atoms with Crippen molar-refractivity contribution >= 4 is 23.3 Å². The van der Waals surface area contributed by atoms with E-state index in [0.717, 1.165) is 0 Å². The molecule has 1 aromatic heterocycles. The number of hydrogen-bond acceptors (Lipinski definition) is 6. The molecule has 0 amide bonds. The summed E-state index contributed by atoms with van der Waals surface area (Å²) in [4.78, 5) is 19.0. The van der Waals surface area contributed by atoms with Crippen molar-refractivity contribution in [1.82, 2.24) is 9.97 Å². The zero-order chi connectivity index (χ0) is 13.8. The van der Waals surface area contributed by atoms with E-state index in [4.69, 9.17) is 22.1 Å². The Balaban J connectivity index is 2.31. The minimum Gasteiger partial charge on any atom is -0.463 e. The maximum absolute atomic E-state index is 11.3. The third-order valence-electron chi connectivity index (χ3n) is 2.20. The van der Waals surface area contributed by atoms with Crippen LogP contribution in [0.3, 0.4) is 0 Å². The van der Waals surface area contributed by atoms with Gasteiger partial charge in [-0.2, -0.15) is 4.98 Å². The highest BCUT2D eigenvalue weighted by atomic mass is 35.5. The third-order valence-corrected chi connectivity index (χ3v) is 2.50. The summed E-state index contributed by atoms with van der Waals surface area (Å²) >= 11 is 5.97. The molecule has 0 spiro atoms. The van der Waals surface area contributed by atoms with Gasteiger partial charge in [0.25, 0.3) is 0 Å². The second kappa shape index (κ2) is 5.53. The van der Waals surface area contributed by atoms with Gasteiger partial charge in [-0.15, -0.1) is 0 Å². The number of benzene rings is 1. The predicted molar refractivity (Wildman–Crippen MR) is 69.3 cm³/mol. The molecule has 0 radical (unpaired) electrons. The minimum atomic E-state index is -0.655. The smallest absolute Gasteiger partial charge is 0.376 e. The summed E-state index contributed by atoms with van der Waals surface area (Å²) in [5, 5.41) is 0.346. The van der Waals surface area contributed by atoms with E-state index in [2.05, 4.69) is 14.7 Å². The lowest BCUT2D eigenvalue weighted by Crippen LogP contribution is -2.07. The Morgan fingerprint density at radius 3 is 2.84 bits per heavy atom. The molecule has 0 saturated carbocycles. The largest absolute Gasteiger partial charge is 0.463 e. The zero-order valence-electron chi connectivity index (χ0n) is 9.96. The van der Waals surface area contributed by atoms with Crippen molar-refractivity contribution < 1.29 is 14.3 Å². The molecule has 0 saturated heterocycles. The standard InChI is InChI=1S/C12H10ClN3O3/c1-18-12(17)11-15-6-5-9(16-11)19-10-7(13)3-2-4-8(10)14/h2-6H,14H2,1H3. The molecule has 7 heteroatoms. The molecular formula is C12H10ClN3O3. The van der Waals surface area contributed by atoms with Crippen molar-refractivity contribution in [3.05, 3.63) is 41.3 Å². The molecule has 0 unspecified atom stereocenters. The van der Waals surface area contributed by atoms with Crippen LogP contribution in [0, 0.1) is 0 Å². The monoisotopic (exact) mass is 279 g/mol. The number of nitrogen functional groups attached to an aromatic ring is 1. The molecule has 2 rings (SSSR count). The van der Waals surface area contributed by atoms with Crippen LogP contribution < -0.4 is 10.5 Å². The fourth-order valence-electron chi connectivity index (χ4n) is 1.33. The minimum absolute atomic E-state index is 0.106. The second-order valence-corrected chi connectivity index (χ2v) is 3.88. The van der Waals surface area contributed by atoms with Gasteiger partial charge in [-0.05, 0) is 12.1 Å². The first kappa shape index (κ1) is 13.1. The van der Waals surface area contributed by atoms with Crippen LogP contribution in [-0.2, 0) is 4.74 Å². The fourth-order valence-corrected chi connectivity index (χ4v) is 1.55. The molecule has 0 fully saturated rings. The number of rotatable bonds is 3. The van der Waals surface area contributed by atoms with Crippen LogP contribution in [0.5, 0.6) is 11.6 Å². The number of carbonyl (C=O) groups is 1. The first-order valence-corrected chi connectivity index (χ1v) is 5.63. The van der Waals surface area contributed by atoms with Gasteiger partial charge >= 0.3 is 5.97 Å². The normalized spacial score (nSPS) is 10.0. The van der Waals surface area contributed by atoms with Crippen LogP contribution in [0.25, 0.3) is 0 Å². The Hall–Kier alpha value is -2.34. The second-order valence-electron chi connectivity index (χ2n) is 3.47. The summed E-state index contributed by atoms with van der Waals surface area (Å²) in [6.07, 6.45) is 1.38. The molecule has 0 aliphatic carbocycles. The van der Waals surface area contributed by atoms with Gasteiger partial charge in [0.05, 0.1) is 17.8 Å². The van der Waals surface area contributed by atoms with Crippen LogP contribution in [-0.4, -0.2) is 23.0 Å². The van der Waals surface area contributed by atoms with Crippen molar-refractivity contribution in [2.24, 2.45) is 0 Å². The molecule has 2 N–H and O–H groups in total. The highest BCUT2D eigenvalue weighted by Crippen LogP contribution is 2.33. The highest BCUT2D eigenvalue weighted by Gasteiger charge is 2.12. The molecule has 19 heavy (non-hydrogen) atoms. The molecule has 1 aromatic carbocycles. The molecule has 1 heterocycles. The molecular weight excluding hydrogens is 270 g/mol. The predicted octanol–water partition coefficient (Wildman–Crippen LogP) is 2.29. The number of para-hydroxylation sites is 1. The van der Waals surface area contributed by atoms with Gasteiger partial charge in [0.1, 0.15) is 0 Å². The average molecular weight is 280 g/mol. The molecule has 0 bridgehead atoms. The quantitative estimate of drug-likeness (QED) is 0.685. The molecule has 6 nitrogen and oxygen atoms in total. The van der Waals surface area contributed by atoms with Gasteiger partial charge in [0.15, 0.2) is 5.75 Å². The number of nitrogens with two attached hydrogens (primary N) is 1. The van der Waals surface area contributed by atoms with E-state index in [-0.39, 0.29) is 17.5 Å². The van der Waals surface area contributed by atoms with Crippen molar-refractivity contribution in [1.29, 1.82) is 0 Å². The summed E-state index contributed by atoms with van der Waals surface area (Å²) in [7, 11) is 1.24. The molecule has 0 aliphatic rings. The summed E-state index contributed by atoms with van der Waals surface area (Å²) in [5.41, 5.74) is 6.12. The van der Waals surface area contributed by atoms with E-state index < -0.39 is 5.97 Å². The van der Waals surface area contributed by atoms with E-state index in [1.54, 1.807) is 18.2 Å². The average Bonchev–Trinajstić information content (AvgIpc) is 2.42. The maximum atomic E-state index is 11.3. The molecule has 0 atom stereocenters. The lowest BCUT2D eigenvalue weighted by Gasteiger charge is -2.09. The Labute approximate surface area is 114 Å². The van der Waals surface area contributed by atoms with E-state index in [1.807, 2.05) is 0 Å². The van der Waals surface area contributed by atoms with Gasteiger partial charge in [0.2, 0.25) is 11.7 Å². The van der Waals surface area contributed by atoms with Crippen molar-refractivity contribution in [3.8, 4) is 11.6 Å². The topological polar surface area (TPSA) is 87.3 Å². The summed E-state index contributed by atoms with van der Waals surface area (Å²) in [5.74, 6) is -0.336. The highest BCUT2D eigenvalue weighted by molar-refractivity contribution is 6.32. The number of ether oxygens (including phenoxy) is 2. The Bertz CT molecular complexity index is 599. The molecule has 98 valence electrons. The Kier molecular flexibility index (Phi) is 3.82. The van der Waals surface area contributed by atoms with Gasteiger partial charge in [0, 0.05) is 12.3 Å². The number of nitrogens with zero attached hydrogens (tertiary/aromatic N) is 2. The number of halogens is 1. The number of aromatic nitrogens is 2. The Morgan fingerprint density at radius 1 is 1.37 bits per heavy atom. The summed E-state index contributed by atoms with van der Waals surface area (Å²) < 4.78 is 9.98. The number of esters is 1. The van der Waals surface area contributed by atoms with Crippen molar-refractivity contribution in [2.75, 3.05) is 12.8 Å². The maximum Gasteiger partial charge on any atom is 0.376 e. The fraction of sp³-hybridized carbons (Fsp3) is 0.0833. The lowest BCUT2D eigenvalue weighted by molar-refractivity contribution is 0.0585. The first-order valence-electron chi connectivity index (χ1n) is 5.25. The molecule has 0 aliphatic heterocycles. The number of anilines is 1. The number of methoxy groups -OCH3 is 1. The van der Waals surface area contributed by atoms with E-state index >= 15 is 0 Å². The van der Waals surface area contributed by atoms with Crippen molar-refractivity contribution in [2.45, 2.75) is 0 Å². The van der Waals surface area contributed by atoms with Gasteiger partial charge in [-0.3, -0.25) is 0 Å². The lowest BCUT2D eigenvalue weighted by atomic mass is 10.3. The van der Waals surface area contributed by atoms with Crippen LogP contribution in [0.1, 0.15) is 10.6 Å². The van der Waals surface area contributed by atoms with Gasteiger partial charge in [-0.25, -0.2) is 9.78 Å². The molecule has 2 aromatic rings. The zero-order valence-corrected chi connectivity index (χ0v) is 10.7. The third kappa shape index (κ3) is 2.92. The SMILES string of the molecule is COC(=O)c1nccc(Oc2c(N)cccc2Cl)n1. The number of carbonyl (C=O) groups excluding carboxylic acids is 1. The van der Waals surface area contributed by atoms with Crippen LogP contribution >= 0.6 is 11.6 Å². The van der Waals surface area contributed by atoms with Gasteiger partial charge < -0.3 is 15.2 Å². The summed E-state index contributed by atoms with van der Waals surface area (Å²) in [6.45, 7) is 0. The first-order chi connectivity index (χ1) is 9.11. The summed E-state index contributed by atoms with van der Waals surface area (Å²) in [6, 6.07) is 6.46. The van der Waals surface area contributed by atoms with E-state index in [0.29, 0.717) is 10.7 Å². The van der Waals surface area contributed by atoms with E-state index in [9.17, 15) is 4.79 Å². The van der Waals surface area contributed by atoms with Crippen LogP contribution in [0.4, 0.5) is 5.69 Å². The van der Waals surface area contributed by atoms with Crippen LogP contribution in [0.2, 0.25) is 5.02 Å². The van der Waals surface area contributed by atoms with Gasteiger partial charge in [-0.1, -0.05) is 17.7 Å². The Morgan fingerprint density at radius 2 is 2.16 bits per heavy atom. The van der Waals surface area contributed by atoms with Crippen molar-refractivity contribution in [3.63, 3.8) is 0 Å².